The van der Waals surface area contributed by atoms with Gasteiger partial charge in [-0.25, -0.2) is 0 Å². The minimum Gasteiger partial charge on any atom is -0.359 e. The van der Waals surface area contributed by atoms with E-state index >= 15 is 0 Å². The van der Waals surface area contributed by atoms with Gasteiger partial charge in [0, 0.05) is 23.2 Å². The van der Waals surface area contributed by atoms with E-state index in [1.54, 1.807) is 23.1 Å². The van der Waals surface area contributed by atoms with Crippen molar-refractivity contribution in [3.8, 4) is 0 Å². The SMILES string of the molecule is O=C(NCc1ccccc1Cl)c1ccc(CN2C(=O)C3CC4OCOC4CC3NC2=S)cc1. The van der Waals surface area contributed by atoms with Crippen LogP contribution in [0.25, 0.3) is 0 Å². The Balaban J connectivity index is 1.21. The lowest BCUT2D eigenvalue weighted by molar-refractivity contribution is -0.137. The maximum Gasteiger partial charge on any atom is 0.251 e. The zero-order valence-electron chi connectivity index (χ0n) is 17.8. The molecule has 2 aliphatic heterocycles. The van der Waals surface area contributed by atoms with Crippen molar-refractivity contribution >= 4 is 40.7 Å². The van der Waals surface area contributed by atoms with Gasteiger partial charge in [-0.15, -0.1) is 0 Å². The van der Waals surface area contributed by atoms with E-state index in [9.17, 15) is 9.59 Å². The predicted molar refractivity (Wildman–Crippen MR) is 126 cm³/mol. The molecule has 0 radical (unpaired) electrons. The van der Waals surface area contributed by atoms with Gasteiger partial charge < -0.3 is 20.1 Å². The Morgan fingerprint density at radius 3 is 2.61 bits per heavy atom. The van der Waals surface area contributed by atoms with E-state index in [4.69, 9.17) is 33.3 Å². The lowest BCUT2D eigenvalue weighted by Gasteiger charge is -2.44. The number of fused-ring (bicyclic) bond motifs is 2. The number of nitrogens with one attached hydrogen (secondary N) is 2. The molecule has 2 N–H and O–H groups in total. The maximum atomic E-state index is 13.2. The quantitative estimate of drug-likeness (QED) is 0.634. The van der Waals surface area contributed by atoms with Gasteiger partial charge in [0.15, 0.2) is 5.11 Å². The number of carbonyl (C=O) groups excluding carboxylic acids is 2. The van der Waals surface area contributed by atoms with E-state index in [2.05, 4.69) is 10.6 Å². The van der Waals surface area contributed by atoms with E-state index < -0.39 is 0 Å². The summed E-state index contributed by atoms with van der Waals surface area (Å²) in [6, 6.07) is 14.6. The third-order valence-corrected chi connectivity index (χ3v) is 7.24. The summed E-state index contributed by atoms with van der Waals surface area (Å²) in [5, 5.41) is 7.25. The normalized spacial score (nSPS) is 26.4. The number of nitrogens with zero attached hydrogens (tertiary/aromatic N) is 1. The van der Waals surface area contributed by atoms with Gasteiger partial charge in [-0.1, -0.05) is 41.9 Å². The summed E-state index contributed by atoms with van der Waals surface area (Å²) < 4.78 is 11.2. The molecule has 3 fully saturated rings. The zero-order chi connectivity index (χ0) is 22.9. The first kappa shape index (κ1) is 22.3. The minimum absolute atomic E-state index is 0.0132. The van der Waals surface area contributed by atoms with Crippen molar-refractivity contribution in [2.24, 2.45) is 5.92 Å². The van der Waals surface area contributed by atoms with Crippen LogP contribution in [0.1, 0.15) is 34.3 Å². The van der Waals surface area contributed by atoms with Gasteiger partial charge in [0.25, 0.3) is 5.91 Å². The van der Waals surface area contributed by atoms with Crippen molar-refractivity contribution in [3.05, 3.63) is 70.2 Å². The first-order valence-electron chi connectivity index (χ1n) is 10.9. The van der Waals surface area contributed by atoms with E-state index in [-0.39, 0.29) is 42.8 Å². The Hall–Kier alpha value is -2.52. The van der Waals surface area contributed by atoms with Crippen molar-refractivity contribution in [1.29, 1.82) is 0 Å². The number of amides is 2. The molecule has 0 bridgehead atoms. The second kappa shape index (κ2) is 9.38. The van der Waals surface area contributed by atoms with Crippen LogP contribution in [-0.4, -0.2) is 46.9 Å². The van der Waals surface area contributed by atoms with E-state index in [1.165, 1.54) is 0 Å². The molecule has 0 spiro atoms. The molecule has 3 aliphatic rings. The summed E-state index contributed by atoms with van der Waals surface area (Å²) >= 11 is 11.6. The van der Waals surface area contributed by atoms with Crippen LogP contribution in [0.4, 0.5) is 0 Å². The van der Waals surface area contributed by atoms with Gasteiger partial charge in [-0.3, -0.25) is 14.5 Å². The number of rotatable bonds is 5. The molecule has 172 valence electrons. The molecule has 4 atom stereocenters. The van der Waals surface area contributed by atoms with Gasteiger partial charge in [0.2, 0.25) is 5.91 Å². The highest BCUT2D eigenvalue weighted by molar-refractivity contribution is 7.80. The number of hydrogen-bond donors (Lipinski definition) is 2. The summed E-state index contributed by atoms with van der Waals surface area (Å²) in [4.78, 5) is 27.3. The number of ether oxygens (including phenoxy) is 2. The van der Waals surface area contributed by atoms with Crippen molar-refractivity contribution < 1.29 is 19.1 Å². The van der Waals surface area contributed by atoms with Crippen LogP contribution >= 0.6 is 23.8 Å². The highest BCUT2D eigenvalue weighted by atomic mass is 35.5. The molecule has 1 saturated carbocycles. The van der Waals surface area contributed by atoms with Gasteiger partial charge in [-0.05, 0) is 54.4 Å². The lowest BCUT2D eigenvalue weighted by Crippen LogP contribution is -2.63. The van der Waals surface area contributed by atoms with Crippen LogP contribution in [-0.2, 0) is 27.4 Å². The third kappa shape index (κ3) is 4.61. The number of halogens is 1. The summed E-state index contributed by atoms with van der Waals surface area (Å²) in [5.41, 5.74) is 2.28. The Bertz CT molecular complexity index is 1080. The van der Waals surface area contributed by atoms with Gasteiger partial charge in [0.1, 0.15) is 6.79 Å². The Morgan fingerprint density at radius 1 is 1.12 bits per heavy atom. The first-order valence-corrected chi connectivity index (χ1v) is 11.7. The fourth-order valence-corrected chi connectivity index (χ4v) is 5.19. The predicted octanol–water partition coefficient (Wildman–Crippen LogP) is 3.01. The zero-order valence-corrected chi connectivity index (χ0v) is 19.4. The molecular formula is C24H24ClN3O4S. The Morgan fingerprint density at radius 2 is 1.85 bits per heavy atom. The summed E-state index contributed by atoms with van der Waals surface area (Å²) in [6.45, 7) is 0.984. The summed E-state index contributed by atoms with van der Waals surface area (Å²) in [7, 11) is 0. The molecule has 2 aromatic rings. The van der Waals surface area contributed by atoms with Crippen molar-refractivity contribution in [2.45, 2.75) is 44.2 Å². The highest BCUT2D eigenvalue weighted by Gasteiger charge is 2.48. The maximum absolute atomic E-state index is 13.2. The molecule has 0 aromatic heterocycles. The summed E-state index contributed by atoms with van der Waals surface area (Å²) in [5.74, 6) is -0.361. The van der Waals surface area contributed by atoms with Crippen LogP contribution < -0.4 is 10.6 Å². The van der Waals surface area contributed by atoms with Crippen LogP contribution in [0.2, 0.25) is 5.02 Å². The topological polar surface area (TPSA) is 79.9 Å². The monoisotopic (exact) mass is 485 g/mol. The standard InChI is InChI=1S/C24H24ClN3O4S/c25-18-4-2-1-3-16(18)11-26-22(29)15-7-5-14(6-8-15)12-28-23(30)17-9-20-21(32-13-31-20)10-19(17)27-24(28)33/h1-8,17,19-21H,9-13H2,(H,26,29)(H,27,33). The van der Waals surface area contributed by atoms with Crippen LogP contribution in [0.5, 0.6) is 0 Å². The number of benzene rings is 2. The largest absolute Gasteiger partial charge is 0.359 e. The second-order valence-corrected chi connectivity index (χ2v) is 9.35. The summed E-state index contributed by atoms with van der Waals surface area (Å²) in [6.07, 6.45) is 1.34. The minimum atomic E-state index is -0.189. The van der Waals surface area contributed by atoms with E-state index in [1.807, 2.05) is 30.3 Å². The molecule has 4 unspecified atom stereocenters. The van der Waals surface area contributed by atoms with Crippen molar-refractivity contribution in [3.63, 3.8) is 0 Å². The number of hydrogen-bond acceptors (Lipinski definition) is 5. The van der Waals surface area contributed by atoms with Crippen LogP contribution in [0.3, 0.4) is 0 Å². The van der Waals surface area contributed by atoms with Crippen LogP contribution in [0.15, 0.2) is 48.5 Å². The smallest absolute Gasteiger partial charge is 0.251 e. The fraction of sp³-hybridized carbons (Fsp3) is 0.375. The third-order valence-electron chi connectivity index (χ3n) is 6.53. The Labute approximate surface area is 202 Å². The molecule has 2 saturated heterocycles. The number of thiocarbonyl (C=S) groups is 1. The molecule has 2 amide bonds. The van der Waals surface area contributed by atoms with Gasteiger partial charge in [-0.2, -0.15) is 0 Å². The average molecular weight is 486 g/mol. The highest BCUT2D eigenvalue weighted by Crippen LogP contribution is 2.35. The van der Waals surface area contributed by atoms with E-state index in [0.29, 0.717) is 41.6 Å². The lowest BCUT2D eigenvalue weighted by atomic mass is 9.79. The molecule has 33 heavy (non-hydrogen) atoms. The molecule has 7 nitrogen and oxygen atoms in total. The van der Waals surface area contributed by atoms with Gasteiger partial charge in [0.05, 0.1) is 24.7 Å². The Kier molecular flexibility index (Phi) is 6.34. The second-order valence-electron chi connectivity index (χ2n) is 8.56. The first-order chi connectivity index (χ1) is 16.0. The molecule has 5 rings (SSSR count). The van der Waals surface area contributed by atoms with Crippen molar-refractivity contribution in [1.82, 2.24) is 15.5 Å². The molecule has 2 heterocycles. The molecule has 2 aromatic carbocycles. The average Bonchev–Trinajstić information content (AvgIpc) is 3.28. The molecule has 1 aliphatic carbocycles. The van der Waals surface area contributed by atoms with Crippen molar-refractivity contribution in [2.75, 3.05) is 6.79 Å². The van der Waals surface area contributed by atoms with Crippen LogP contribution in [0, 0.1) is 5.92 Å². The number of carbonyl (C=O) groups is 2. The fourth-order valence-electron chi connectivity index (χ4n) is 4.68. The van der Waals surface area contributed by atoms with Gasteiger partial charge >= 0.3 is 0 Å². The molecular weight excluding hydrogens is 462 g/mol. The molecule has 9 heteroatoms. The van der Waals surface area contributed by atoms with E-state index in [0.717, 1.165) is 11.1 Å².